The van der Waals surface area contributed by atoms with Crippen molar-refractivity contribution in [2.75, 3.05) is 0 Å². The van der Waals surface area contributed by atoms with E-state index in [0.717, 1.165) is 6.42 Å². The van der Waals surface area contributed by atoms with Gasteiger partial charge in [-0.2, -0.15) is 0 Å². The van der Waals surface area contributed by atoms with E-state index in [4.69, 9.17) is 0 Å². The van der Waals surface area contributed by atoms with Gasteiger partial charge in [0, 0.05) is 0 Å². The summed E-state index contributed by atoms with van der Waals surface area (Å²) in [5.74, 6) is 0.546. The number of rotatable bonds is 3. The summed E-state index contributed by atoms with van der Waals surface area (Å²) in [4.78, 5) is 0. The van der Waals surface area contributed by atoms with Crippen LogP contribution < -0.4 is 0 Å². The Bertz CT molecular complexity index is 616. The highest BCUT2D eigenvalue weighted by Gasteiger charge is 2.15. The van der Waals surface area contributed by atoms with Crippen LogP contribution in [0.4, 0.5) is 0 Å². The van der Waals surface area contributed by atoms with E-state index >= 15 is 0 Å². The van der Waals surface area contributed by atoms with E-state index in [-0.39, 0.29) is 10.8 Å². The first-order valence-electron chi connectivity index (χ1n) is 8.77. The van der Waals surface area contributed by atoms with Crippen molar-refractivity contribution >= 4 is 0 Å². The van der Waals surface area contributed by atoms with Crippen LogP contribution in [-0.4, -0.2) is 0 Å². The molecule has 0 aliphatic heterocycles. The van der Waals surface area contributed by atoms with Gasteiger partial charge in [-0.3, -0.25) is 0 Å². The molecule has 0 bridgehead atoms. The van der Waals surface area contributed by atoms with Crippen molar-refractivity contribution in [3.8, 4) is 0 Å². The summed E-state index contributed by atoms with van der Waals surface area (Å²) in [5, 5.41) is 0. The van der Waals surface area contributed by atoms with E-state index in [2.05, 4.69) is 97.0 Å². The highest BCUT2D eigenvalue weighted by atomic mass is 14.2. The van der Waals surface area contributed by atoms with Gasteiger partial charge in [0.1, 0.15) is 0 Å². The van der Waals surface area contributed by atoms with Crippen LogP contribution in [-0.2, 0) is 17.3 Å². The zero-order valence-corrected chi connectivity index (χ0v) is 15.9. The van der Waals surface area contributed by atoms with Gasteiger partial charge < -0.3 is 0 Å². The highest BCUT2D eigenvalue weighted by molar-refractivity contribution is 5.32. The summed E-state index contributed by atoms with van der Waals surface area (Å²) in [6, 6.07) is 18.3. The van der Waals surface area contributed by atoms with E-state index in [0.29, 0.717) is 5.92 Å². The van der Waals surface area contributed by atoms with Gasteiger partial charge in [0.15, 0.2) is 0 Å². The van der Waals surface area contributed by atoms with Crippen LogP contribution in [0, 0.1) is 0 Å². The Morgan fingerprint density at radius 1 is 0.652 bits per heavy atom. The molecule has 0 heterocycles. The Hall–Kier alpha value is -1.56. The topological polar surface area (TPSA) is 0 Å². The molecule has 2 rings (SSSR count). The van der Waals surface area contributed by atoms with E-state index in [1.54, 1.807) is 0 Å². The van der Waals surface area contributed by atoms with Gasteiger partial charge in [-0.05, 0) is 45.4 Å². The summed E-state index contributed by atoms with van der Waals surface area (Å²) >= 11 is 0. The molecule has 0 amide bonds. The van der Waals surface area contributed by atoms with Crippen LogP contribution in [0.1, 0.15) is 76.6 Å². The van der Waals surface area contributed by atoms with Gasteiger partial charge in [-0.15, -0.1) is 0 Å². The third-order valence-corrected chi connectivity index (χ3v) is 4.71. The maximum absolute atomic E-state index is 2.32. The molecule has 0 saturated carbocycles. The van der Waals surface area contributed by atoms with Crippen molar-refractivity contribution in [1.82, 2.24) is 0 Å². The van der Waals surface area contributed by atoms with E-state index in [1.807, 2.05) is 0 Å². The second-order valence-electron chi connectivity index (χ2n) is 8.92. The SMILES string of the molecule is CC(Cc1ccc(C(C)(C)C)cc1)c1ccc(C(C)(C)C)cc1. The minimum atomic E-state index is 0.227. The van der Waals surface area contributed by atoms with Crippen molar-refractivity contribution < 1.29 is 0 Å². The Labute approximate surface area is 143 Å². The quantitative estimate of drug-likeness (QED) is 0.597. The van der Waals surface area contributed by atoms with Crippen LogP contribution in [0.15, 0.2) is 48.5 Å². The van der Waals surface area contributed by atoms with Crippen LogP contribution >= 0.6 is 0 Å². The third kappa shape index (κ3) is 4.70. The lowest BCUT2D eigenvalue weighted by molar-refractivity contribution is 0.588. The Balaban J connectivity index is 2.08. The molecule has 2 aromatic rings. The number of hydrogen-bond donors (Lipinski definition) is 0. The van der Waals surface area contributed by atoms with Crippen LogP contribution in [0.5, 0.6) is 0 Å². The normalized spacial score (nSPS) is 13.9. The second kappa shape index (κ2) is 6.51. The Kier molecular flexibility index (Phi) is 5.04. The molecule has 1 atom stereocenters. The molecule has 2 aromatic carbocycles. The predicted octanol–water partition coefficient (Wildman–Crippen LogP) is 6.63. The molecule has 0 nitrogen and oxygen atoms in total. The summed E-state index contributed by atoms with van der Waals surface area (Å²) in [5.41, 5.74) is 6.12. The second-order valence-corrected chi connectivity index (χ2v) is 8.92. The lowest BCUT2D eigenvalue weighted by atomic mass is 9.84. The highest BCUT2D eigenvalue weighted by Crippen LogP contribution is 2.27. The van der Waals surface area contributed by atoms with Crippen molar-refractivity contribution in [2.45, 2.75) is 71.6 Å². The van der Waals surface area contributed by atoms with Crippen LogP contribution in [0.3, 0.4) is 0 Å². The minimum absolute atomic E-state index is 0.227. The standard InChI is InChI=1S/C23H32/c1-17(19-10-14-21(15-11-19)23(5,6)7)16-18-8-12-20(13-9-18)22(2,3)4/h8-15,17H,16H2,1-7H3. The molecular weight excluding hydrogens is 276 g/mol. The summed E-state index contributed by atoms with van der Waals surface area (Å²) in [6.45, 7) is 15.9. The summed E-state index contributed by atoms with van der Waals surface area (Å²) in [7, 11) is 0. The molecule has 0 N–H and O–H groups in total. The van der Waals surface area contributed by atoms with Gasteiger partial charge in [0.25, 0.3) is 0 Å². The third-order valence-electron chi connectivity index (χ3n) is 4.71. The van der Waals surface area contributed by atoms with Crippen LogP contribution in [0.25, 0.3) is 0 Å². The molecule has 0 aliphatic carbocycles. The van der Waals surface area contributed by atoms with E-state index in [1.165, 1.54) is 22.3 Å². The summed E-state index contributed by atoms with van der Waals surface area (Å²) < 4.78 is 0. The molecule has 124 valence electrons. The fourth-order valence-corrected chi connectivity index (χ4v) is 2.92. The minimum Gasteiger partial charge on any atom is -0.0587 e. The number of hydrogen-bond acceptors (Lipinski definition) is 0. The molecular formula is C23H32. The van der Waals surface area contributed by atoms with E-state index < -0.39 is 0 Å². The first-order chi connectivity index (χ1) is 10.6. The van der Waals surface area contributed by atoms with E-state index in [9.17, 15) is 0 Å². The summed E-state index contributed by atoms with van der Waals surface area (Å²) in [6.07, 6.45) is 1.10. The van der Waals surface area contributed by atoms with Crippen LogP contribution in [0.2, 0.25) is 0 Å². The Morgan fingerprint density at radius 2 is 1.04 bits per heavy atom. The van der Waals surface area contributed by atoms with Crippen molar-refractivity contribution in [3.63, 3.8) is 0 Å². The fourth-order valence-electron chi connectivity index (χ4n) is 2.92. The lowest BCUT2D eigenvalue weighted by Crippen LogP contribution is -2.11. The van der Waals surface area contributed by atoms with Gasteiger partial charge in [0.05, 0.1) is 0 Å². The zero-order chi connectivity index (χ0) is 17.3. The maximum Gasteiger partial charge on any atom is -0.0132 e. The monoisotopic (exact) mass is 308 g/mol. The van der Waals surface area contributed by atoms with Gasteiger partial charge >= 0.3 is 0 Å². The average Bonchev–Trinajstić information content (AvgIpc) is 2.46. The zero-order valence-electron chi connectivity index (χ0n) is 15.9. The van der Waals surface area contributed by atoms with Gasteiger partial charge in [-0.25, -0.2) is 0 Å². The molecule has 0 spiro atoms. The molecule has 0 aromatic heterocycles. The molecule has 0 fully saturated rings. The lowest BCUT2D eigenvalue weighted by Gasteiger charge is -2.21. The Morgan fingerprint density at radius 3 is 1.43 bits per heavy atom. The molecule has 0 heteroatoms. The number of benzene rings is 2. The predicted molar refractivity (Wildman–Crippen MR) is 102 cm³/mol. The average molecular weight is 309 g/mol. The molecule has 0 saturated heterocycles. The molecule has 0 radical (unpaired) electrons. The van der Waals surface area contributed by atoms with Gasteiger partial charge in [0.2, 0.25) is 0 Å². The maximum atomic E-state index is 2.32. The fraction of sp³-hybridized carbons (Fsp3) is 0.478. The van der Waals surface area contributed by atoms with Crippen molar-refractivity contribution in [1.29, 1.82) is 0 Å². The molecule has 1 unspecified atom stereocenters. The van der Waals surface area contributed by atoms with Crippen molar-refractivity contribution in [2.24, 2.45) is 0 Å². The van der Waals surface area contributed by atoms with Crippen molar-refractivity contribution in [3.05, 3.63) is 70.8 Å². The largest absolute Gasteiger partial charge is 0.0587 e. The first kappa shape index (κ1) is 17.8. The van der Waals surface area contributed by atoms with Gasteiger partial charge in [-0.1, -0.05) is 97.0 Å². The first-order valence-corrected chi connectivity index (χ1v) is 8.77. The molecule has 0 aliphatic rings. The molecule has 23 heavy (non-hydrogen) atoms. The smallest absolute Gasteiger partial charge is 0.0132 e.